The molecule has 0 radical (unpaired) electrons. The normalized spacial score (nSPS) is 14.7. The van der Waals surface area contributed by atoms with Crippen LogP contribution in [0.5, 0.6) is 0 Å². The van der Waals surface area contributed by atoms with Gasteiger partial charge >= 0.3 is 5.69 Å². The summed E-state index contributed by atoms with van der Waals surface area (Å²) in [7, 11) is 3.27. The van der Waals surface area contributed by atoms with E-state index in [4.69, 9.17) is 0 Å². The highest BCUT2D eigenvalue weighted by molar-refractivity contribution is 5.96. The molecule has 1 aliphatic rings. The minimum absolute atomic E-state index is 0.144. The van der Waals surface area contributed by atoms with E-state index in [9.17, 15) is 9.59 Å². The molecule has 0 aliphatic carbocycles. The molecule has 1 amide bonds. The van der Waals surface area contributed by atoms with Crippen LogP contribution in [0.25, 0.3) is 0 Å². The van der Waals surface area contributed by atoms with Gasteiger partial charge in [-0.1, -0.05) is 0 Å². The predicted octanol–water partition coefficient (Wildman–Crippen LogP) is -1.03. The first kappa shape index (κ1) is 7.15. The number of hydrogen-bond donors (Lipinski definition) is 1. The lowest BCUT2D eigenvalue weighted by Crippen LogP contribution is -2.26. The molecule has 1 N–H and O–H groups in total. The Kier molecular flexibility index (Phi) is 1.19. The second kappa shape index (κ2) is 2.00. The molecule has 0 saturated carbocycles. The number of hydrogen-bond acceptors (Lipinski definition) is 2. The van der Waals surface area contributed by atoms with Gasteiger partial charge in [0.25, 0.3) is 5.91 Å². The second-order valence-corrected chi connectivity index (χ2v) is 2.88. The first-order valence-electron chi connectivity index (χ1n) is 3.65. The molecule has 5 heteroatoms. The van der Waals surface area contributed by atoms with Crippen molar-refractivity contribution in [3.63, 3.8) is 0 Å². The summed E-state index contributed by atoms with van der Waals surface area (Å²) in [6.45, 7) is 0.459. The molecule has 2 rings (SSSR count). The summed E-state index contributed by atoms with van der Waals surface area (Å²) in [4.78, 5) is 22.5. The van der Waals surface area contributed by atoms with Crippen LogP contribution in [0.3, 0.4) is 0 Å². The van der Waals surface area contributed by atoms with Gasteiger partial charge in [-0.2, -0.15) is 0 Å². The number of carbonyl (C=O) groups excluding carboxylic acids is 1. The Balaban J connectivity index is 2.84. The first-order valence-corrected chi connectivity index (χ1v) is 3.65. The zero-order chi connectivity index (χ0) is 8.88. The number of imidazole rings is 1. The largest absolute Gasteiger partial charge is 0.345 e. The van der Waals surface area contributed by atoms with Crippen molar-refractivity contribution in [1.29, 1.82) is 0 Å². The van der Waals surface area contributed by atoms with E-state index in [1.807, 2.05) is 0 Å². The van der Waals surface area contributed by atoms with Gasteiger partial charge in [-0.05, 0) is 0 Å². The number of nitrogens with one attached hydrogen (secondary N) is 1. The van der Waals surface area contributed by atoms with Crippen molar-refractivity contribution in [3.05, 3.63) is 21.9 Å². The van der Waals surface area contributed by atoms with Crippen molar-refractivity contribution in [2.45, 2.75) is 6.54 Å². The lowest BCUT2D eigenvalue weighted by molar-refractivity contribution is 0.0957. The number of carbonyl (C=O) groups is 1. The van der Waals surface area contributed by atoms with E-state index in [0.717, 1.165) is 5.69 Å². The van der Waals surface area contributed by atoms with Gasteiger partial charge in [-0.15, -0.1) is 0 Å². The lowest BCUT2D eigenvalue weighted by Gasteiger charge is -1.94. The Hall–Kier alpha value is -1.52. The molecule has 0 bridgehead atoms. The van der Waals surface area contributed by atoms with Gasteiger partial charge in [0.15, 0.2) is 0 Å². The predicted molar refractivity (Wildman–Crippen MR) is 41.8 cm³/mol. The monoisotopic (exact) mass is 167 g/mol. The molecule has 2 heterocycles. The topological polar surface area (TPSA) is 56.0 Å². The summed E-state index contributed by atoms with van der Waals surface area (Å²) in [5, 5.41) is 2.65. The molecule has 0 saturated heterocycles. The maximum Gasteiger partial charge on any atom is 0.328 e. The Morgan fingerprint density at radius 2 is 1.92 bits per heavy atom. The van der Waals surface area contributed by atoms with Gasteiger partial charge in [0.05, 0.1) is 12.2 Å². The van der Waals surface area contributed by atoms with Crippen LogP contribution >= 0.6 is 0 Å². The van der Waals surface area contributed by atoms with Crippen LogP contribution in [0, 0.1) is 0 Å². The van der Waals surface area contributed by atoms with Gasteiger partial charge in [0, 0.05) is 14.1 Å². The van der Waals surface area contributed by atoms with Crippen LogP contribution in [0.1, 0.15) is 16.2 Å². The van der Waals surface area contributed by atoms with Crippen LogP contribution in [0.15, 0.2) is 4.79 Å². The number of nitrogens with zero attached hydrogens (tertiary/aromatic N) is 2. The molecule has 1 aromatic heterocycles. The van der Waals surface area contributed by atoms with Crippen molar-refractivity contribution < 1.29 is 4.79 Å². The number of aromatic nitrogens is 2. The molecule has 1 aliphatic heterocycles. The zero-order valence-corrected chi connectivity index (χ0v) is 6.92. The average Bonchev–Trinajstić information content (AvgIpc) is 2.51. The molecular weight excluding hydrogens is 158 g/mol. The summed E-state index contributed by atoms with van der Waals surface area (Å²) >= 11 is 0. The summed E-state index contributed by atoms with van der Waals surface area (Å²) in [5.41, 5.74) is 1.12. The standard InChI is InChI=1S/C7H9N3O2/c1-9-4-3-8-6(11)5(4)10(2)7(9)12/h3H2,1-2H3,(H,8,11). The number of amides is 1. The van der Waals surface area contributed by atoms with Gasteiger partial charge in [-0.3, -0.25) is 13.9 Å². The third kappa shape index (κ3) is 0.628. The summed E-state index contributed by atoms with van der Waals surface area (Å²) in [6, 6.07) is 0. The van der Waals surface area contributed by atoms with Gasteiger partial charge in [-0.25, -0.2) is 4.79 Å². The average molecular weight is 167 g/mol. The minimum Gasteiger partial charge on any atom is -0.345 e. The zero-order valence-electron chi connectivity index (χ0n) is 6.92. The molecule has 0 aromatic carbocycles. The second-order valence-electron chi connectivity index (χ2n) is 2.88. The smallest absolute Gasteiger partial charge is 0.328 e. The molecule has 0 spiro atoms. The van der Waals surface area contributed by atoms with E-state index in [2.05, 4.69) is 5.32 Å². The highest BCUT2D eigenvalue weighted by Crippen LogP contribution is 2.11. The SMILES string of the molecule is Cn1c2c(n(C)c1=O)C(=O)NC2. The molecule has 0 atom stereocenters. The van der Waals surface area contributed by atoms with Crippen LogP contribution < -0.4 is 11.0 Å². The fourth-order valence-electron chi connectivity index (χ4n) is 1.52. The highest BCUT2D eigenvalue weighted by Gasteiger charge is 2.26. The first-order chi connectivity index (χ1) is 5.63. The van der Waals surface area contributed by atoms with Crippen LogP contribution in [0.2, 0.25) is 0 Å². The molecule has 12 heavy (non-hydrogen) atoms. The summed E-state index contributed by atoms with van der Waals surface area (Å²) < 4.78 is 2.87. The van der Waals surface area contributed by atoms with Crippen molar-refractivity contribution in [2.75, 3.05) is 0 Å². The highest BCUT2D eigenvalue weighted by atomic mass is 16.2. The van der Waals surface area contributed by atoms with Crippen LogP contribution in [0.4, 0.5) is 0 Å². The van der Waals surface area contributed by atoms with E-state index in [1.165, 1.54) is 9.13 Å². The van der Waals surface area contributed by atoms with Crippen LogP contribution in [-0.4, -0.2) is 15.0 Å². The third-order valence-corrected chi connectivity index (χ3v) is 2.22. The quantitative estimate of drug-likeness (QED) is 0.537. The van der Waals surface area contributed by atoms with E-state index >= 15 is 0 Å². The van der Waals surface area contributed by atoms with Crippen molar-refractivity contribution in [1.82, 2.24) is 14.5 Å². The molecule has 0 fully saturated rings. The summed E-state index contributed by atoms with van der Waals surface area (Å²) in [6.07, 6.45) is 0. The summed E-state index contributed by atoms with van der Waals surface area (Å²) in [5.74, 6) is -0.162. The van der Waals surface area contributed by atoms with Crippen molar-refractivity contribution in [3.8, 4) is 0 Å². The number of rotatable bonds is 0. The number of fused-ring (bicyclic) bond motifs is 1. The van der Waals surface area contributed by atoms with Crippen molar-refractivity contribution in [2.24, 2.45) is 14.1 Å². The Bertz CT molecular complexity index is 413. The van der Waals surface area contributed by atoms with Gasteiger partial charge in [0.1, 0.15) is 5.69 Å². The lowest BCUT2D eigenvalue weighted by atomic mass is 10.4. The molecule has 1 aromatic rings. The van der Waals surface area contributed by atoms with E-state index in [0.29, 0.717) is 12.2 Å². The molecule has 5 nitrogen and oxygen atoms in total. The fraction of sp³-hybridized carbons (Fsp3) is 0.429. The third-order valence-electron chi connectivity index (χ3n) is 2.22. The van der Waals surface area contributed by atoms with E-state index < -0.39 is 0 Å². The minimum atomic E-state index is -0.162. The molecular formula is C7H9N3O2. The maximum absolute atomic E-state index is 11.3. The molecule has 0 unspecified atom stereocenters. The Morgan fingerprint density at radius 1 is 1.25 bits per heavy atom. The Morgan fingerprint density at radius 3 is 2.50 bits per heavy atom. The Labute approximate surface area is 68.6 Å². The maximum atomic E-state index is 11.3. The van der Waals surface area contributed by atoms with E-state index in [1.54, 1.807) is 14.1 Å². The van der Waals surface area contributed by atoms with Gasteiger partial charge in [0.2, 0.25) is 0 Å². The van der Waals surface area contributed by atoms with E-state index in [-0.39, 0.29) is 11.6 Å². The molecule has 64 valence electrons. The van der Waals surface area contributed by atoms with Gasteiger partial charge < -0.3 is 5.32 Å². The van der Waals surface area contributed by atoms with Crippen molar-refractivity contribution >= 4 is 5.91 Å². The fourth-order valence-corrected chi connectivity index (χ4v) is 1.52. The van der Waals surface area contributed by atoms with Crippen LogP contribution in [-0.2, 0) is 20.6 Å².